The van der Waals surface area contributed by atoms with Gasteiger partial charge in [0.15, 0.2) is 0 Å². The molecule has 7 nitrogen and oxygen atoms in total. The maximum Gasteiger partial charge on any atom is 0.294 e. The second kappa shape index (κ2) is 10.8. The normalized spacial score (nSPS) is 18.0. The lowest BCUT2D eigenvalue weighted by molar-refractivity contribution is -0.131. The number of benzene rings is 4. The number of carbonyl (C=O) groups is 1. The van der Waals surface area contributed by atoms with E-state index in [0.29, 0.717) is 40.1 Å². The molecule has 0 aromatic heterocycles. The van der Waals surface area contributed by atoms with Crippen LogP contribution in [0.5, 0.6) is 5.75 Å². The van der Waals surface area contributed by atoms with Crippen molar-refractivity contribution in [1.82, 2.24) is 0 Å². The molecule has 3 N–H and O–H groups in total. The molecular weight excluding hydrogens is 538 g/mol. The van der Waals surface area contributed by atoms with E-state index in [2.05, 4.69) is 0 Å². The van der Waals surface area contributed by atoms with Gasteiger partial charge in [-0.2, -0.15) is 8.42 Å². The summed E-state index contributed by atoms with van der Waals surface area (Å²) in [6.45, 7) is 0. The van der Waals surface area contributed by atoms with Crippen LogP contribution in [0, 0.1) is 5.92 Å². The van der Waals surface area contributed by atoms with Crippen molar-refractivity contribution in [3.8, 4) is 16.9 Å². The zero-order valence-corrected chi connectivity index (χ0v) is 22.3. The van der Waals surface area contributed by atoms with E-state index >= 15 is 0 Å². The predicted octanol–water partition coefficient (Wildman–Crippen LogP) is 6.18. The minimum absolute atomic E-state index is 0.0751. The van der Waals surface area contributed by atoms with Crippen LogP contribution in [0.3, 0.4) is 0 Å². The van der Waals surface area contributed by atoms with Crippen LogP contribution in [-0.2, 0) is 14.9 Å². The lowest BCUT2D eigenvalue weighted by Crippen LogP contribution is -2.55. The number of amides is 1. The first-order valence-corrected chi connectivity index (χ1v) is 14.2. The number of phenolic OH excluding ortho intramolecular Hbond substituents is 1. The summed E-state index contributed by atoms with van der Waals surface area (Å²) < 4.78 is 32.6. The third-order valence-electron chi connectivity index (χ3n) is 7.04. The minimum atomic E-state index is -4.40. The van der Waals surface area contributed by atoms with Crippen molar-refractivity contribution in [2.24, 2.45) is 5.92 Å². The monoisotopic (exact) mass is 563 g/mol. The lowest BCUT2D eigenvalue weighted by atomic mass is 9.78. The molecule has 9 heteroatoms. The number of anilines is 1. The van der Waals surface area contributed by atoms with Crippen LogP contribution >= 0.6 is 11.6 Å². The van der Waals surface area contributed by atoms with Gasteiger partial charge in [0.05, 0.1) is 23.0 Å². The van der Waals surface area contributed by atoms with Crippen molar-refractivity contribution in [2.45, 2.75) is 29.9 Å². The second-order valence-electron chi connectivity index (χ2n) is 9.52. The fourth-order valence-electron chi connectivity index (χ4n) is 5.11. The van der Waals surface area contributed by atoms with Gasteiger partial charge in [0.25, 0.3) is 10.1 Å². The molecule has 1 heterocycles. The highest BCUT2D eigenvalue weighted by atomic mass is 35.5. The van der Waals surface area contributed by atoms with Gasteiger partial charge in [0, 0.05) is 16.3 Å². The van der Waals surface area contributed by atoms with Gasteiger partial charge in [-0.15, -0.1) is 0 Å². The molecule has 0 spiro atoms. The molecule has 1 aliphatic heterocycles. The van der Waals surface area contributed by atoms with Crippen LogP contribution in [0.25, 0.3) is 11.1 Å². The SMILES string of the molecule is O=C1C(CCC(O)c2cccc(Cl)c2)C(c2ccc(-c3cccc(S(=O)(=O)O)c3)c(O)c2)N1c1ccccc1. The summed E-state index contributed by atoms with van der Waals surface area (Å²) in [5.74, 6) is -0.592. The fourth-order valence-corrected chi connectivity index (χ4v) is 5.83. The number of aliphatic hydroxyl groups is 1. The second-order valence-corrected chi connectivity index (χ2v) is 11.4. The standard InChI is InChI=1S/C30H26ClNO6S/c31-22-8-4-7-20(16-22)27(33)15-14-26-29(32(30(26)35)23-9-2-1-3-10-23)21-12-13-25(28(34)18-21)19-6-5-11-24(17-19)39(36,37)38/h1-13,16-18,26-27,29,33-34H,14-15H2,(H,36,37,38). The van der Waals surface area contributed by atoms with Gasteiger partial charge >= 0.3 is 0 Å². The zero-order chi connectivity index (χ0) is 27.7. The van der Waals surface area contributed by atoms with Gasteiger partial charge in [-0.3, -0.25) is 9.35 Å². The lowest BCUT2D eigenvalue weighted by Gasteiger charge is -2.48. The van der Waals surface area contributed by atoms with Crippen LogP contribution < -0.4 is 4.90 Å². The number of rotatable bonds is 8. The largest absolute Gasteiger partial charge is 0.507 e. The summed E-state index contributed by atoms with van der Waals surface area (Å²) in [4.78, 5) is 14.7. The average molecular weight is 564 g/mol. The third-order valence-corrected chi connectivity index (χ3v) is 8.12. The summed E-state index contributed by atoms with van der Waals surface area (Å²) in [6.07, 6.45) is -0.0179. The Hall–Kier alpha value is -3.69. The van der Waals surface area contributed by atoms with E-state index in [0.717, 1.165) is 5.69 Å². The van der Waals surface area contributed by atoms with Crippen molar-refractivity contribution >= 4 is 33.3 Å². The Kier molecular flexibility index (Phi) is 7.46. The molecule has 4 aromatic carbocycles. The highest BCUT2D eigenvalue weighted by Gasteiger charge is 2.48. The molecule has 200 valence electrons. The predicted molar refractivity (Wildman–Crippen MR) is 149 cm³/mol. The molecule has 0 saturated carbocycles. The molecular formula is C30H26ClNO6S. The van der Waals surface area contributed by atoms with Crippen molar-refractivity contribution in [1.29, 1.82) is 0 Å². The van der Waals surface area contributed by atoms with Gasteiger partial charge in [-0.1, -0.05) is 66.2 Å². The van der Waals surface area contributed by atoms with Crippen molar-refractivity contribution in [2.75, 3.05) is 4.90 Å². The van der Waals surface area contributed by atoms with Gasteiger partial charge in [0.2, 0.25) is 5.91 Å². The maximum atomic E-state index is 13.3. The number of halogens is 1. The van der Waals surface area contributed by atoms with E-state index in [-0.39, 0.29) is 22.6 Å². The molecule has 5 rings (SSSR count). The van der Waals surface area contributed by atoms with Crippen LogP contribution in [0.4, 0.5) is 5.69 Å². The Labute approximate surface area is 231 Å². The van der Waals surface area contributed by atoms with Crippen molar-refractivity contribution < 1.29 is 28.0 Å². The summed E-state index contributed by atoms with van der Waals surface area (Å²) >= 11 is 6.07. The van der Waals surface area contributed by atoms with Crippen LogP contribution in [0.15, 0.2) is 102 Å². The molecule has 3 unspecified atom stereocenters. The Bertz CT molecular complexity index is 1630. The first-order valence-electron chi connectivity index (χ1n) is 12.4. The molecule has 39 heavy (non-hydrogen) atoms. The first kappa shape index (κ1) is 26.9. The maximum absolute atomic E-state index is 13.3. The summed E-state index contributed by atoms with van der Waals surface area (Å²) in [5.41, 5.74) is 2.91. The number of hydrogen-bond donors (Lipinski definition) is 3. The Morgan fingerprint density at radius 2 is 1.64 bits per heavy atom. The zero-order valence-electron chi connectivity index (χ0n) is 20.7. The Morgan fingerprint density at radius 3 is 2.33 bits per heavy atom. The van der Waals surface area contributed by atoms with Crippen molar-refractivity contribution in [3.63, 3.8) is 0 Å². The number of β-lactam (4-membered cyclic amide) rings is 1. The molecule has 4 aromatic rings. The number of hydrogen-bond acceptors (Lipinski definition) is 5. The van der Waals surface area contributed by atoms with Crippen molar-refractivity contribution in [3.05, 3.63) is 113 Å². The number of nitrogens with zero attached hydrogens (tertiary/aromatic N) is 1. The molecule has 0 radical (unpaired) electrons. The van der Waals surface area contributed by atoms with E-state index in [1.165, 1.54) is 18.2 Å². The molecule has 1 aliphatic rings. The molecule has 0 bridgehead atoms. The van der Waals surface area contributed by atoms with E-state index < -0.39 is 22.1 Å². The molecule has 3 atom stereocenters. The fraction of sp³-hybridized carbons (Fsp3) is 0.167. The smallest absolute Gasteiger partial charge is 0.294 e. The molecule has 1 fully saturated rings. The molecule has 1 amide bonds. The number of para-hydroxylation sites is 1. The number of aliphatic hydroxyl groups excluding tert-OH is 1. The van der Waals surface area contributed by atoms with Gasteiger partial charge in [0.1, 0.15) is 5.75 Å². The highest BCUT2D eigenvalue weighted by molar-refractivity contribution is 7.85. The third kappa shape index (κ3) is 5.55. The Balaban J connectivity index is 1.44. The van der Waals surface area contributed by atoms with E-state index in [4.69, 9.17) is 11.6 Å². The number of carbonyl (C=O) groups excluding carboxylic acids is 1. The van der Waals surface area contributed by atoms with E-state index in [1.54, 1.807) is 53.4 Å². The topological polar surface area (TPSA) is 115 Å². The number of aromatic hydroxyl groups is 1. The van der Waals surface area contributed by atoms with Gasteiger partial charge < -0.3 is 15.1 Å². The summed E-state index contributed by atoms with van der Waals surface area (Å²) in [7, 11) is -4.40. The minimum Gasteiger partial charge on any atom is -0.507 e. The van der Waals surface area contributed by atoms with E-state index in [9.17, 15) is 28.0 Å². The quantitative estimate of drug-likeness (QED) is 0.174. The van der Waals surface area contributed by atoms with Crippen LogP contribution in [-0.4, -0.2) is 29.1 Å². The number of phenols is 1. The highest BCUT2D eigenvalue weighted by Crippen LogP contribution is 2.47. The first-order chi connectivity index (χ1) is 18.6. The average Bonchev–Trinajstić information content (AvgIpc) is 2.91. The van der Waals surface area contributed by atoms with Crippen LogP contribution in [0.1, 0.15) is 36.1 Å². The molecule has 1 saturated heterocycles. The molecule has 0 aliphatic carbocycles. The van der Waals surface area contributed by atoms with Crippen LogP contribution in [0.2, 0.25) is 5.02 Å². The summed E-state index contributed by atoms with van der Waals surface area (Å²) in [6, 6.07) is 26.6. The Morgan fingerprint density at radius 1 is 0.897 bits per heavy atom. The summed E-state index contributed by atoms with van der Waals surface area (Å²) in [5, 5.41) is 22.2. The van der Waals surface area contributed by atoms with Gasteiger partial charge in [-0.05, 0) is 72.0 Å². The van der Waals surface area contributed by atoms with Gasteiger partial charge in [-0.25, -0.2) is 0 Å². The van der Waals surface area contributed by atoms with E-state index in [1.807, 2.05) is 30.3 Å².